The second-order valence-corrected chi connectivity index (χ2v) is 4.86. The minimum atomic E-state index is 0.136. The third-order valence-electron chi connectivity index (χ3n) is 3.55. The Morgan fingerprint density at radius 1 is 1.16 bits per heavy atom. The maximum absolute atomic E-state index is 12.3. The molecule has 3 aromatic rings. The molecule has 0 saturated heterocycles. The van der Waals surface area contributed by atoms with Gasteiger partial charge in [-0.25, -0.2) is 0 Å². The first-order valence-corrected chi connectivity index (χ1v) is 6.36. The van der Waals surface area contributed by atoms with Crippen molar-refractivity contribution in [1.82, 2.24) is 9.13 Å². The van der Waals surface area contributed by atoms with Crippen LogP contribution in [-0.4, -0.2) is 14.9 Å². The fourth-order valence-electron chi connectivity index (χ4n) is 2.53. The molecule has 2 heterocycles. The van der Waals surface area contributed by atoms with Gasteiger partial charge in [0.15, 0.2) is 5.78 Å². The van der Waals surface area contributed by atoms with Crippen LogP contribution in [0, 0.1) is 6.92 Å². The minimum Gasteiger partial charge on any atom is -0.348 e. The number of rotatable bonds is 3. The number of hydrogen-bond donors (Lipinski definition) is 0. The van der Waals surface area contributed by atoms with E-state index in [-0.39, 0.29) is 5.78 Å². The number of nitrogens with zero attached hydrogens (tertiary/aromatic N) is 2. The molecule has 0 atom stereocenters. The molecule has 0 aliphatic heterocycles. The Balaban J connectivity index is 2.00. The van der Waals surface area contributed by atoms with Gasteiger partial charge < -0.3 is 9.13 Å². The second kappa shape index (κ2) is 4.43. The Hall–Kier alpha value is -2.29. The number of para-hydroxylation sites is 1. The van der Waals surface area contributed by atoms with E-state index in [2.05, 4.69) is 22.8 Å². The van der Waals surface area contributed by atoms with E-state index in [9.17, 15) is 4.79 Å². The van der Waals surface area contributed by atoms with E-state index in [1.54, 1.807) is 0 Å². The van der Waals surface area contributed by atoms with Gasteiger partial charge in [-0.3, -0.25) is 4.79 Å². The minimum absolute atomic E-state index is 0.136. The predicted molar refractivity (Wildman–Crippen MR) is 76.4 cm³/mol. The molecule has 3 nitrogen and oxygen atoms in total. The van der Waals surface area contributed by atoms with Crippen molar-refractivity contribution < 1.29 is 4.79 Å². The Morgan fingerprint density at radius 2 is 1.95 bits per heavy atom. The Bertz CT molecular complexity index is 749. The molecule has 0 fully saturated rings. The van der Waals surface area contributed by atoms with Crippen LogP contribution in [-0.2, 0) is 13.6 Å². The van der Waals surface area contributed by atoms with Crippen molar-refractivity contribution in [2.75, 3.05) is 0 Å². The lowest BCUT2D eigenvalue weighted by molar-refractivity contribution is 0.0965. The lowest BCUT2D eigenvalue weighted by Crippen LogP contribution is -2.14. The monoisotopic (exact) mass is 252 g/mol. The van der Waals surface area contributed by atoms with E-state index in [4.69, 9.17) is 0 Å². The van der Waals surface area contributed by atoms with E-state index < -0.39 is 0 Å². The number of Topliss-reactive ketones (excluding diaryl/α,β-unsaturated/α-hetero) is 1. The number of carbonyl (C=O) groups is 1. The largest absolute Gasteiger partial charge is 0.348 e. The van der Waals surface area contributed by atoms with E-state index in [0.29, 0.717) is 6.54 Å². The van der Waals surface area contributed by atoms with Crippen LogP contribution in [0.3, 0.4) is 0 Å². The van der Waals surface area contributed by atoms with Crippen molar-refractivity contribution in [2.45, 2.75) is 13.5 Å². The zero-order valence-corrected chi connectivity index (χ0v) is 11.1. The van der Waals surface area contributed by atoms with Gasteiger partial charge in [0.05, 0.1) is 12.2 Å². The number of fused-ring (bicyclic) bond motifs is 1. The number of hydrogen-bond acceptors (Lipinski definition) is 1. The molecule has 19 heavy (non-hydrogen) atoms. The molecule has 0 N–H and O–H groups in total. The number of aryl methyl sites for hydroxylation is 2. The quantitative estimate of drug-likeness (QED) is 0.658. The van der Waals surface area contributed by atoms with Gasteiger partial charge in [0, 0.05) is 24.5 Å². The van der Waals surface area contributed by atoms with Crippen LogP contribution in [0.4, 0.5) is 0 Å². The first-order chi connectivity index (χ1) is 9.16. The summed E-state index contributed by atoms with van der Waals surface area (Å²) in [7, 11) is 1.90. The normalized spacial score (nSPS) is 11.1. The van der Waals surface area contributed by atoms with Crippen LogP contribution in [0.1, 0.15) is 16.2 Å². The van der Waals surface area contributed by atoms with Crippen LogP contribution >= 0.6 is 0 Å². The average Bonchev–Trinajstić information content (AvgIpc) is 2.94. The van der Waals surface area contributed by atoms with Crippen molar-refractivity contribution in [3.63, 3.8) is 0 Å². The number of carbonyl (C=O) groups excluding carboxylic acids is 1. The molecule has 2 aromatic heterocycles. The Labute approximate surface area is 112 Å². The summed E-state index contributed by atoms with van der Waals surface area (Å²) in [5, 5.41) is 1.18. The third-order valence-corrected chi connectivity index (χ3v) is 3.55. The van der Waals surface area contributed by atoms with Crippen molar-refractivity contribution in [2.24, 2.45) is 7.05 Å². The fourth-order valence-corrected chi connectivity index (χ4v) is 2.53. The van der Waals surface area contributed by atoms with E-state index in [1.165, 1.54) is 5.39 Å². The molecule has 0 unspecified atom stereocenters. The molecule has 0 spiro atoms. The molecular weight excluding hydrogens is 236 g/mol. The van der Waals surface area contributed by atoms with E-state index >= 15 is 0 Å². The number of ketones is 1. The highest BCUT2D eigenvalue weighted by atomic mass is 16.1. The standard InChI is InChI=1S/C16H16N2O/c1-12-10-13-6-3-4-7-14(13)18(12)11-16(19)15-8-5-9-17(15)2/h3-10H,11H2,1-2H3. The molecule has 0 saturated carbocycles. The molecule has 96 valence electrons. The maximum Gasteiger partial charge on any atom is 0.198 e. The van der Waals surface area contributed by atoms with Crippen LogP contribution in [0.5, 0.6) is 0 Å². The van der Waals surface area contributed by atoms with Crippen molar-refractivity contribution in [3.8, 4) is 0 Å². The van der Waals surface area contributed by atoms with Gasteiger partial charge >= 0.3 is 0 Å². The lowest BCUT2D eigenvalue weighted by atomic mass is 10.2. The number of aromatic nitrogens is 2. The first-order valence-electron chi connectivity index (χ1n) is 6.36. The summed E-state index contributed by atoms with van der Waals surface area (Å²) in [5.74, 6) is 0.136. The molecule has 0 amide bonds. The van der Waals surface area contributed by atoms with Gasteiger partial charge in [0.1, 0.15) is 0 Å². The summed E-state index contributed by atoms with van der Waals surface area (Å²) in [6.45, 7) is 2.43. The summed E-state index contributed by atoms with van der Waals surface area (Å²) in [5.41, 5.74) is 2.98. The molecule has 0 aliphatic carbocycles. The molecule has 3 rings (SSSR count). The Morgan fingerprint density at radius 3 is 2.68 bits per heavy atom. The zero-order valence-electron chi connectivity index (χ0n) is 11.1. The van der Waals surface area contributed by atoms with Crippen molar-refractivity contribution in [3.05, 3.63) is 60.0 Å². The van der Waals surface area contributed by atoms with Gasteiger partial charge in [-0.15, -0.1) is 0 Å². The topological polar surface area (TPSA) is 26.9 Å². The summed E-state index contributed by atoms with van der Waals surface area (Å²) in [6.07, 6.45) is 1.90. The molecule has 0 radical (unpaired) electrons. The van der Waals surface area contributed by atoms with Gasteiger partial charge in [-0.05, 0) is 36.6 Å². The summed E-state index contributed by atoms with van der Waals surface area (Å²) >= 11 is 0. The summed E-state index contributed by atoms with van der Waals surface area (Å²) in [6, 6.07) is 14.0. The summed E-state index contributed by atoms with van der Waals surface area (Å²) in [4.78, 5) is 12.3. The molecule has 3 heteroatoms. The van der Waals surface area contributed by atoms with Crippen LogP contribution < -0.4 is 0 Å². The van der Waals surface area contributed by atoms with Gasteiger partial charge in [0.25, 0.3) is 0 Å². The van der Waals surface area contributed by atoms with E-state index in [0.717, 1.165) is 16.9 Å². The highest BCUT2D eigenvalue weighted by Gasteiger charge is 2.13. The predicted octanol–water partition coefficient (Wildman–Crippen LogP) is 3.17. The van der Waals surface area contributed by atoms with Crippen LogP contribution in [0.2, 0.25) is 0 Å². The van der Waals surface area contributed by atoms with Gasteiger partial charge in [-0.1, -0.05) is 18.2 Å². The maximum atomic E-state index is 12.3. The van der Waals surface area contributed by atoms with Crippen LogP contribution in [0.25, 0.3) is 10.9 Å². The SMILES string of the molecule is Cc1cc2ccccc2n1CC(=O)c1cccn1C. The second-order valence-electron chi connectivity index (χ2n) is 4.86. The smallest absolute Gasteiger partial charge is 0.198 e. The average molecular weight is 252 g/mol. The fraction of sp³-hybridized carbons (Fsp3) is 0.188. The van der Waals surface area contributed by atoms with Crippen molar-refractivity contribution >= 4 is 16.7 Å². The van der Waals surface area contributed by atoms with Gasteiger partial charge in [0.2, 0.25) is 0 Å². The molecular formula is C16H16N2O. The first kappa shape index (κ1) is 11.8. The van der Waals surface area contributed by atoms with Gasteiger partial charge in [-0.2, -0.15) is 0 Å². The Kier molecular flexibility index (Phi) is 2.75. The number of benzene rings is 1. The highest BCUT2D eigenvalue weighted by molar-refractivity contribution is 5.95. The molecule has 0 bridgehead atoms. The summed E-state index contributed by atoms with van der Waals surface area (Å²) < 4.78 is 3.94. The van der Waals surface area contributed by atoms with E-state index in [1.807, 2.05) is 49.0 Å². The van der Waals surface area contributed by atoms with Crippen LogP contribution in [0.15, 0.2) is 48.7 Å². The lowest BCUT2D eigenvalue weighted by Gasteiger charge is -2.08. The zero-order chi connectivity index (χ0) is 13.4. The third kappa shape index (κ3) is 1.97. The highest BCUT2D eigenvalue weighted by Crippen LogP contribution is 2.19. The molecule has 0 aliphatic rings. The molecule has 1 aromatic carbocycles. The van der Waals surface area contributed by atoms with Crippen molar-refractivity contribution in [1.29, 1.82) is 0 Å².